The molecule has 1 aliphatic rings. The highest BCUT2D eigenvalue weighted by Gasteiger charge is 2.31. The number of ether oxygens (including phenoxy) is 1. The zero-order valence-corrected chi connectivity index (χ0v) is 22.5. The normalized spacial score (nSPS) is 17.3. The average Bonchev–Trinajstić information content (AvgIpc) is 2.88. The number of piperazine rings is 1. The van der Waals surface area contributed by atoms with Gasteiger partial charge in [-0.1, -0.05) is 59.6 Å². The lowest BCUT2D eigenvalue weighted by Gasteiger charge is -2.44. The van der Waals surface area contributed by atoms with E-state index in [1.807, 2.05) is 48.5 Å². The molecular formula is C29H31Cl2N3O3. The number of β-amino-alcohol motifs (C(OH)–C–C–N with tert-alkyl or cyclic N) is 1. The number of benzene rings is 3. The summed E-state index contributed by atoms with van der Waals surface area (Å²) in [6, 6.07) is 20.5. The molecule has 0 amide bonds. The second kappa shape index (κ2) is 11.7. The van der Waals surface area contributed by atoms with Crippen LogP contribution in [-0.2, 0) is 0 Å². The second-order valence-electron chi connectivity index (χ2n) is 9.95. The highest BCUT2D eigenvalue weighted by molar-refractivity contribution is 6.33. The van der Waals surface area contributed by atoms with E-state index in [1.54, 1.807) is 32.0 Å². The van der Waals surface area contributed by atoms with Gasteiger partial charge in [0.1, 0.15) is 12.4 Å². The van der Waals surface area contributed by atoms with Crippen LogP contribution in [0.5, 0.6) is 5.75 Å². The lowest BCUT2D eigenvalue weighted by molar-refractivity contribution is 0.0285. The van der Waals surface area contributed by atoms with Gasteiger partial charge >= 0.3 is 0 Å². The van der Waals surface area contributed by atoms with Crippen molar-refractivity contribution < 1.29 is 14.9 Å². The standard InChI is InChI=1S/C29H31Cl2N3O3/c1-29(2,36)19-37-24-12-13-26(25(31)16-24)34-15-14-33(17-27(34)20-4-8-22(30)9-5-20)18-28(35)21-6-10-23(32-3)11-7-21/h4-13,16,27-28,35-36H,14-15,17-19H2,1-2H3/t27-,28+/m0/s1. The van der Waals surface area contributed by atoms with E-state index in [1.165, 1.54) is 0 Å². The van der Waals surface area contributed by atoms with Gasteiger partial charge in [0.25, 0.3) is 0 Å². The Morgan fingerprint density at radius 2 is 1.76 bits per heavy atom. The Morgan fingerprint density at radius 3 is 2.38 bits per heavy atom. The van der Waals surface area contributed by atoms with Gasteiger partial charge in [-0.3, -0.25) is 4.90 Å². The Kier molecular flexibility index (Phi) is 8.63. The third-order valence-corrected chi connectivity index (χ3v) is 6.93. The third kappa shape index (κ3) is 7.16. The molecule has 4 rings (SSSR count). The minimum atomic E-state index is -0.940. The molecule has 1 fully saturated rings. The minimum Gasteiger partial charge on any atom is -0.491 e. The van der Waals surface area contributed by atoms with Crippen LogP contribution in [0.4, 0.5) is 11.4 Å². The first kappa shape index (κ1) is 27.3. The van der Waals surface area contributed by atoms with Gasteiger partial charge in [0, 0.05) is 37.3 Å². The number of nitrogens with zero attached hydrogens (tertiary/aromatic N) is 3. The van der Waals surface area contributed by atoms with Gasteiger partial charge in [-0.25, -0.2) is 4.85 Å². The topological polar surface area (TPSA) is 60.5 Å². The van der Waals surface area contributed by atoms with Crippen LogP contribution in [0.2, 0.25) is 10.0 Å². The van der Waals surface area contributed by atoms with E-state index in [2.05, 4.69) is 14.6 Å². The van der Waals surface area contributed by atoms with Gasteiger partial charge in [0.15, 0.2) is 5.69 Å². The molecule has 0 radical (unpaired) electrons. The average molecular weight is 540 g/mol. The van der Waals surface area contributed by atoms with Crippen molar-refractivity contribution in [1.29, 1.82) is 0 Å². The molecule has 194 valence electrons. The van der Waals surface area contributed by atoms with Crippen molar-refractivity contribution in [2.75, 3.05) is 37.7 Å². The maximum absolute atomic E-state index is 10.9. The Balaban J connectivity index is 1.54. The molecule has 1 aliphatic heterocycles. The van der Waals surface area contributed by atoms with Gasteiger partial charge in [-0.15, -0.1) is 0 Å². The summed E-state index contributed by atoms with van der Waals surface area (Å²) < 4.78 is 5.72. The summed E-state index contributed by atoms with van der Waals surface area (Å²) in [5, 5.41) is 22.1. The Morgan fingerprint density at radius 1 is 1.05 bits per heavy atom. The smallest absolute Gasteiger partial charge is 0.187 e. The predicted molar refractivity (Wildman–Crippen MR) is 149 cm³/mol. The monoisotopic (exact) mass is 539 g/mol. The summed E-state index contributed by atoms with van der Waals surface area (Å²) in [7, 11) is 0. The van der Waals surface area contributed by atoms with Gasteiger partial charge in [-0.2, -0.15) is 0 Å². The molecule has 2 N–H and O–H groups in total. The number of anilines is 1. The molecule has 2 atom stereocenters. The molecule has 1 saturated heterocycles. The molecule has 0 bridgehead atoms. The Hall–Kier alpha value is -2.79. The Bertz CT molecular complexity index is 1240. The van der Waals surface area contributed by atoms with Gasteiger partial charge < -0.3 is 19.8 Å². The molecule has 0 aliphatic carbocycles. The number of hydrogen-bond acceptors (Lipinski definition) is 5. The summed E-state index contributed by atoms with van der Waals surface area (Å²) in [4.78, 5) is 7.94. The quantitative estimate of drug-likeness (QED) is 0.329. The first-order valence-electron chi connectivity index (χ1n) is 12.2. The second-order valence-corrected chi connectivity index (χ2v) is 10.8. The van der Waals surface area contributed by atoms with Gasteiger partial charge in [-0.05, 0) is 49.2 Å². The van der Waals surface area contributed by atoms with E-state index in [4.69, 9.17) is 34.5 Å². The molecule has 3 aromatic rings. The number of halogens is 2. The van der Waals surface area contributed by atoms with Crippen molar-refractivity contribution >= 4 is 34.6 Å². The maximum atomic E-state index is 10.9. The number of aliphatic hydroxyl groups excluding tert-OH is 1. The Labute approximate surface area is 228 Å². The van der Waals surface area contributed by atoms with Crippen LogP contribution < -0.4 is 9.64 Å². The lowest BCUT2D eigenvalue weighted by atomic mass is 10.00. The van der Waals surface area contributed by atoms with Crippen LogP contribution in [0.25, 0.3) is 4.85 Å². The van der Waals surface area contributed by atoms with Gasteiger partial charge in [0.05, 0.1) is 35.0 Å². The van der Waals surface area contributed by atoms with E-state index in [0.29, 0.717) is 41.1 Å². The summed E-state index contributed by atoms with van der Waals surface area (Å²) in [5.41, 5.74) is 2.41. The van der Waals surface area contributed by atoms with Crippen molar-refractivity contribution in [1.82, 2.24) is 4.90 Å². The summed E-state index contributed by atoms with van der Waals surface area (Å²) in [6.45, 7) is 13.3. The molecule has 0 spiro atoms. The van der Waals surface area contributed by atoms with Crippen molar-refractivity contribution in [3.8, 4) is 5.75 Å². The molecule has 1 heterocycles. The first-order valence-corrected chi connectivity index (χ1v) is 12.9. The van der Waals surface area contributed by atoms with Crippen molar-refractivity contribution in [2.24, 2.45) is 0 Å². The maximum Gasteiger partial charge on any atom is 0.187 e. The molecular weight excluding hydrogens is 509 g/mol. The van der Waals surface area contributed by atoms with Crippen LogP contribution in [0.3, 0.4) is 0 Å². The minimum absolute atomic E-state index is 0.0108. The molecule has 0 unspecified atom stereocenters. The molecule has 0 saturated carbocycles. The first-order chi connectivity index (χ1) is 17.6. The van der Waals surface area contributed by atoms with E-state index < -0.39 is 11.7 Å². The highest BCUT2D eigenvalue weighted by atomic mass is 35.5. The number of aliphatic hydroxyl groups is 2. The fraction of sp³-hybridized carbons (Fsp3) is 0.345. The largest absolute Gasteiger partial charge is 0.491 e. The molecule has 8 heteroatoms. The van der Waals surface area contributed by atoms with Crippen molar-refractivity contribution in [2.45, 2.75) is 31.6 Å². The van der Waals surface area contributed by atoms with Crippen molar-refractivity contribution in [3.05, 3.63) is 99.3 Å². The van der Waals surface area contributed by atoms with E-state index >= 15 is 0 Å². The van der Waals surface area contributed by atoms with Crippen LogP contribution in [0.1, 0.15) is 37.1 Å². The van der Waals surface area contributed by atoms with E-state index in [0.717, 1.165) is 23.4 Å². The van der Waals surface area contributed by atoms with Crippen LogP contribution in [-0.4, -0.2) is 53.5 Å². The molecule has 6 nitrogen and oxygen atoms in total. The fourth-order valence-corrected chi connectivity index (χ4v) is 4.86. The van der Waals surface area contributed by atoms with Crippen molar-refractivity contribution in [3.63, 3.8) is 0 Å². The summed E-state index contributed by atoms with van der Waals surface area (Å²) >= 11 is 12.9. The van der Waals surface area contributed by atoms with Gasteiger partial charge in [0.2, 0.25) is 0 Å². The lowest BCUT2D eigenvalue weighted by Crippen LogP contribution is -2.49. The number of rotatable bonds is 8. The zero-order valence-electron chi connectivity index (χ0n) is 20.9. The predicted octanol–water partition coefficient (Wildman–Crippen LogP) is 6.29. The van der Waals surface area contributed by atoms with Crippen LogP contribution in [0, 0.1) is 6.57 Å². The highest BCUT2D eigenvalue weighted by Crippen LogP contribution is 2.38. The molecule has 3 aromatic carbocycles. The van der Waals surface area contributed by atoms with Crippen LogP contribution >= 0.6 is 23.2 Å². The summed E-state index contributed by atoms with van der Waals surface area (Å²) in [5.74, 6) is 0.602. The van der Waals surface area contributed by atoms with Crippen LogP contribution in [0.15, 0.2) is 66.7 Å². The summed E-state index contributed by atoms with van der Waals surface area (Å²) in [6.07, 6.45) is -0.659. The molecule has 37 heavy (non-hydrogen) atoms. The SMILES string of the molecule is [C-]#[N+]c1ccc([C@H](O)CN2CCN(c3ccc(OCC(C)(C)O)cc3Cl)[C@H](c3ccc(Cl)cc3)C2)cc1. The zero-order chi connectivity index (χ0) is 26.6. The fourth-order valence-electron chi connectivity index (χ4n) is 4.46. The van der Waals surface area contributed by atoms with E-state index in [-0.39, 0.29) is 12.6 Å². The third-order valence-electron chi connectivity index (χ3n) is 6.38. The number of hydrogen-bond donors (Lipinski definition) is 2. The molecule has 0 aromatic heterocycles. The van der Waals surface area contributed by atoms with E-state index in [9.17, 15) is 10.2 Å².